The SMILES string of the molecule is Clc1cccc(-c2nnc(CNCCN3CCOCC3)o2)c1. The number of nitrogens with zero attached hydrogens (tertiary/aromatic N) is 3. The minimum absolute atomic E-state index is 0.493. The smallest absolute Gasteiger partial charge is 0.247 e. The highest BCUT2D eigenvalue weighted by Gasteiger charge is 2.11. The number of hydrogen-bond donors (Lipinski definition) is 1. The van der Waals surface area contributed by atoms with Crippen molar-refractivity contribution in [1.82, 2.24) is 20.4 Å². The summed E-state index contributed by atoms with van der Waals surface area (Å²) in [6.45, 7) is 6.10. The van der Waals surface area contributed by atoms with Gasteiger partial charge in [-0.05, 0) is 18.2 Å². The average molecular weight is 323 g/mol. The van der Waals surface area contributed by atoms with Crippen molar-refractivity contribution in [2.24, 2.45) is 0 Å². The van der Waals surface area contributed by atoms with Gasteiger partial charge in [-0.1, -0.05) is 17.7 Å². The molecule has 0 bridgehead atoms. The Morgan fingerprint density at radius 2 is 2.09 bits per heavy atom. The summed E-state index contributed by atoms with van der Waals surface area (Å²) in [5, 5.41) is 12.1. The van der Waals surface area contributed by atoms with Crippen LogP contribution in [-0.4, -0.2) is 54.5 Å². The van der Waals surface area contributed by atoms with Crippen LogP contribution in [0.5, 0.6) is 0 Å². The van der Waals surface area contributed by atoms with Crippen LogP contribution in [0.4, 0.5) is 0 Å². The highest BCUT2D eigenvalue weighted by Crippen LogP contribution is 2.21. The molecule has 0 amide bonds. The largest absolute Gasteiger partial charge is 0.419 e. The van der Waals surface area contributed by atoms with Crippen molar-refractivity contribution in [3.63, 3.8) is 0 Å². The molecule has 0 spiro atoms. The summed E-state index contributed by atoms with van der Waals surface area (Å²) < 4.78 is 11.0. The van der Waals surface area contributed by atoms with Gasteiger partial charge in [-0.15, -0.1) is 10.2 Å². The van der Waals surface area contributed by atoms with Crippen molar-refractivity contribution in [3.05, 3.63) is 35.2 Å². The van der Waals surface area contributed by atoms with Crippen LogP contribution in [0.25, 0.3) is 11.5 Å². The van der Waals surface area contributed by atoms with E-state index in [2.05, 4.69) is 20.4 Å². The first-order valence-electron chi connectivity index (χ1n) is 7.40. The van der Waals surface area contributed by atoms with Gasteiger partial charge in [0.2, 0.25) is 11.8 Å². The fraction of sp³-hybridized carbons (Fsp3) is 0.467. The Balaban J connectivity index is 1.45. The molecule has 7 heteroatoms. The number of ether oxygens (including phenoxy) is 1. The molecule has 1 saturated heterocycles. The van der Waals surface area contributed by atoms with E-state index in [4.69, 9.17) is 20.8 Å². The number of hydrogen-bond acceptors (Lipinski definition) is 6. The number of rotatable bonds is 6. The Labute approximate surface area is 134 Å². The zero-order chi connectivity index (χ0) is 15.2. The highest BCUT2D eigenvalue weighted by molar-refractivity contribution is 6.30. The molecule has 118 valence electrons. The number of halogens is 1. The first-order chi connectivity index (χ1) is 10.8. The topological polar surface area (TPSA) is 63.4 Å². The Morgan fingerprint density at radius 1 is 1.23 bits per heavy atom. The maximum Gasteiger partial charge on any atom is 0.247 e. The van der Waals surface area contributed by atoms with Gasteiger partial charge in [0.05, 0.1) is 19.8 Å². The van der Waals surface area contributed by atoms with Crippen molar-refractivity contribution in [2.45, 2.75) is 6.54 Å². The molecule has 0 aliphatic carbocycles. The molecule has 0 atom stereocenters. The normalized spacial score (nSPS) is 16.0. The quantitative estimate of drug-likeness (QED) is 0.818. The summed E-state index contributed by atoms with van der Waals surface area (Å²) >= 11 is 5.96. The van der Waals surface area contributed by atoms with Crippen LogP contribution in [0, 0.1) is 0 Å². The lowest BCUT2D eigenvalue weighted by Crippen LogP contribution is -2.40. The van der Waals surface area contributed by atoms with Gasteiger partial charge in [0, 0.05) is 36.8 Å². The average Bonchev–Trinajstić information content (AvgIpc) is 3.02. The van der Waals surface area contributed by atoms with Gasteiger partial charge < -0.3 is 14.5 Å². The van der Waals surface area contributed by atoms with Crippen LogP contribution >= 0.6 is 11.6 Å². The van der Waals surface area contributed by atoms with Gasteiger partial charge in [0.1, 0.15) is 0 Å². The third-order valence-corrected chi connectivity index (χ3v) is 3.76. The molecule has 3 rings (SSSR count). The van der Waals surface area contributed by atoms with Gasteiger partial charge in [0.15, 0.2) is 0 Å². The Bertz CT molecular complexity index is 599. The zero-order valence-electron chi connectivity index (χ0n) is 12.3. The van der Waals surface area contributed by atoms with Gasteiger partial charge in [-0.3, -0.25) is 4.90 Å². The number of benzene rings is 1. The van der Waals surface area contributed by atoms with Crippen LogP contribution in [0.15, 0.2) is 28.7 Å². The van der Waals surface area contributed by atoms with Crippen molar-refractivity contribution in [2.75, 3.05) is 39.4 Å². The highest BCUT2D eigenvalue weighted by atomic mass is 35.5. The molecule has 1 fully saturated rings. The maximum absolute atomic E-state index is 5.96. The van der Waals surface area contributed by atoms with E-state index < -0.39 is 0 Å². The van der Waals surface area contributed by atoms with E-state index in [9.17, 15) is 0 Å². The molecule has 1 aromatic heterocycles. The van der Waals surface area contributed by atoms with Crippen LogP contribution in [0.1, 0.15) is 5.89 Å². The Hall–Kier alpha value is -1.47. The predicted molar refractivity (Wildman–Crippen MR) is 83.7 cm³/mol. The van der Waals surface area contributed by atoms with E-state index in [1.54, 1.807) is 0 Å². The van der Waals surface area contributed by atoms with Crippen LogP contribution in [-0.2, 0) is 11.3 Å². The van der Waals surface area contributed by atoms with Crippen LogP contribution in [0.2, 0.25) is 5.02 Å². The molecule has 1 aromatic carbocycles. The van der Waals surface area contributed by atoms with Gasteiger partial charge >= 0.3 is 0 Å². The molecule has 0 unspecified atom stereocenters. The van der Waals surface area contributed by atoms with Crippen molar-refractivity contribution in [1.29, 1.82) is 0 Å². The fourth-order valence-corrected chi connectivity index (χ4v) is 2.51. The van der Waals surface area contributed by atoms with E-state index in [1.807, 2.05) is 24.3 Å². The van der Waals surface area contributed by atoms with Crippen molar-refractivity contribution < 1.29 is 9.15 Å². The standard InChI is InChI=1S/C15H19ClN4O2/c16-13-3-1-2-12(10-13)15-19-18-14(22-15)11-17-4-5-20-6-8-21-9-7-20/h1-3,10,17H,4-9,11H2. The Morgan fingerprint density at radius 3 is 2.91 bits per heavy atom. The summed E-state index contributed by atoms with van der Waals surface area (Å²) in [4.78, 5) is 2.38. The molecule has 1 aliphatic heterocycles. The van der Waals surface area contributed by atoms with Crippen molar-refractivity contribution in [3.8, 4) is 11.5 Å². The number of aromatic nitrogens is 2. The molecular formula is C15H19ClN4O2. The van der Waals surface area contributed by atoms with E-state index >= 15 is 0 Å². The lowest BCUT2D eigenvalue weighted by Gasteiger charge is -2.26. The predicted octanol–water partition coefficient (Wildman–Crippen LogP) is 1.81. The molecule has 2 heterocycles. The van der Waals surface area contributed by atoms with Gasteiger partial charge in [-0.25, -0.2) is 0 Å². The lowest BCUT2D eigenvalue weighted by atomic mass is 10.2. The zero-order valence-corrected chi connectivity index (χ0v) is 13.1. The second kappa shape index (κ2) is 7.69. The van der Waals surface area contributed by atoms with E-state index in [0.717, 1.165) is 45.0 Å². The first-order valence-corrected chi connectivity index (χ1v) is 7.78. The molecule has 22 heavy (non-hydrogen) atoms. The van der Waals surface area contributed by atoms with E-state index in [1.165, 1.54) is 0 Å². The minimum Gasteiger partial charge on any atom is -0.419 e. The molecule has 2 aromatic rings. The summed E-state index contributed by atoms with van der Waals surface area (Å²) in [7, 11) is 0. The second-order valence-electron chi connectivity index (χ2n) is 5.14. The van der Waals surface area contributed by atoms with Gasteiger partial charge in [0.25, 0.3) is 0 Å². The molecule has 0 saturated carbocycles. The van der Waals surface area contributed by atoms with Gasteiger partial charge in [-0.2, -0.15) is 0 Å². The van der Waals surface area contributed by atoms with Crippen LogP contribution in [0.3, 0.4) is 0 Å². The number of nitrogens with one attached hydrogen (secondary N) is 1. The summed E-state index contributed by atoms with van der Waals surface area (Å²) in [6.07, 6.45) is 0. The summed E-state index contributed by atoms with van der Waals surface area (Å²) in [6, 6.07) is 7.39. The summed E-state index contributed by atoms with van der Waals surface area (Å²) in [5.41, 5.74) is 0.833. The lowest BCUT2D eigenvalue weighted by molar-refractivity contribution is 0.0383. The number of morpholine rings is 1. The maximum atomic E-state index is 5.96. The Kier molecular flexibility index (Phi) is 5.39. The third-order valence-electron chi connectivity index (χ3n) is 3.52. The molecule has 0 radical (unpaired) electrons. The second-order valence-corrected chi connectivity index (χ2v) is 5.58. The van der Waals surface area contributed by atoms with Crippen molar-refractivity contribution >= 4 is 11.6 Å². The van der Waals surface area contributed by atoms with E-state index in [-0.39, 0.29) is 0 Å². The fourth-order valence-electron chi connectivity index (χ4n) is 2.32. The molecule has 6 nitrogen and oxygen atoms in total. The monoisotopic (exact) mass is 322 g/mol. The first kappa shape index (κ1) is 15.4. The van der Waals surface area contributed by atoms with Crippen LogP contribution < -0.4 is 5.32 Å². The van der Waals surface area contributed by atoms with E-state index in [0.29, 0.717) is 23.3 Å². The molecule has 1 N–H and O–H groups in total. The minimum atomic E-state index is 0.493. The molecule has 1 aliphatic rings. The summed E-state index contributed by atoms with van der Waals surface area (Å²) in [5.74, 6) is 1.07. The molecular weight excluding hydrogens is 304 g/mol. The third kappa shape index (κ3) is 4.27.